The fourth-order valence-corrected chi connectivity index (χ4v) is 3.34. The Balaban J connectivity index is 1.99. The van der Waals surface area contributed by atoms with E-state index in [2.05, 4.69) is 80.8 Å². The average molecular weight is 336 g/mol. The van der Waals surface area contributed by atoms with Crippen LogP contribution in [0.3, 0.4) is 0 Å². The predicted octanol–water partition coefficient (Wildman–Crippen LogP) is 6.07. The number of hydrogen-bond donors (Lipinski definition) is 2. The minimum Gasteiger partial charge on any atom is -0.454 e. The van der Waals surface area contributed by atoms with Crippen molar-refractivity contribution in [3.63, 3.8) is 0 Å². The predicted molar refractivity (Wildman–Crippen MR) is 105 cm³/mol. The zero-order valence-corrected chi connectivity index (χ0v) is 14.4. The summed E-state index contributed by atoms with van der Waals surface area (Å²) in [6, 6.07) is 12.3. The zero-order valence-electron chi connectivity index (χ0n) is 12.7. The van der Waals surface area contributed by atoms with E-state index in [0.717, 1.165) is 38.0 Å². The molecular weight excluding hydrogens is 320 g/mol. The lowest BCUT2D eigenvalue weighted by atomic mass is 10.0. The second-order valence-electron chi connectivity index (χ2n) is 5.98. The molecule has 0 fully saturated rings. The summed E-state index contributed by atoms with van der Waals surface area (Å²) in [6.45, 7) is 2.06. The van der Waals surface area contributed by atoms with Gasteiger partial charge in [-0.25, -0.2) is 0 Å². The van der Waals surface area contributed by atoms with Gasteiger partial charge < -0.3 is 4.42 Å². The van der Waals surface area contributed by atoms with Gasteiger partial charge in [-0.05, 0) is 18.6 Å². The third kappa shape index (κ3) is 2.54. The van der Waals surface area contributed by atoms with Crippen LogP contribution in [0, 0.1) is 0 Å². The molecule has 114 valence electrons. The second-order valence-corrected chi connectivity index (χ2v) is 7.42. The van der Waals surface area contributed by atoms with Crippen molar-refractivity contribution in [3.05, 3.63) is 72.3 Å². The summed E-state index contributed by atoms with van der Waals surface area (Å²) in [7, 11) is 0. The summed E-state index contributed by atoms with van der Waals surface area (Å²) < 4.78 is 5.93. The van der Waals surface area contributed by atoms with Gasteiger partial charge in [0.15, 0.2) is 0 Å². The maximum absolute atomic E-state index is 6.17. The quantitative estimate of drug-likeness (QED) is 0.514. The first-order chi connectivity index (χ1) is 11.1. The third-order valence-corrected chi connectivity index (χ3v) is 4.77. The lowest BCUT2D eigenvalue weighted by Gasteiger charge is -2.11. The molecule has 1 heterocycles. The Hall–Kier alpha value is -1.84. The number of allylic oxidation sites excluding steroid dienone is 4. The van der Waals surface area contributed by atoms with Crippen molar-refractivity contribution in [1.82, 2.24) is 0 Å². The number of hydrogen-bond acceptors (Lipinski definition) is 3. The minimum atomic E-state index is -0.238. The van der Waals surface area contributed by atoms with E-state index < -0.39 is 0 Å². The first kappa shape index (κ1) is 14.7. The zero-order chi connectivity index (χ0) is 16.0. The van der Waals surface area contributed by atoms with Crippen LogP contribution in [0.2, 0.25) is 0 Å². The van der Waals surface area contributed by atoms with Crippen LogP contribution in [0.4, 0.5) is 0 Å². The highest BCUT2D eigenvalue weighted by Crippen LogP contribution is 2.37. The second kappa shape index (κ2) is 5.36. The Labute approximate surface area is 146 Å². The molecule has 1 unspecified atom stereocenters. The molecule has 0 aliphatic heterocycles. The van der Waals surface area contributed by atoms with Crippen molar-refractivity contribution in [2.24, 2.45) is 0 Å². The smallest absolute Gasteiger partial charge is 0.148 e. The van der Waals surface area contributed by atoms with E-state index in [-0.39, 0.29) is 4.75 Å². The number of fused-ring (bicyclic) bond motifs is 3. The first-order valence-corrected chi connectivity index (χ1v) is 8.39. The van der Waals surface area contributed by atoms with Gasteiger partial charge in [-0.15, -0.1) is 12.6 Å². The maximum atomic E-state index is 6.17. The Morgan fingerprint density at radius 2 is 1.70 bits per heavy atom. The highest BCUT2D eigenvalue weighted by molar-refractivity contribution is 7.82. The Bertz CT molecular complexity index is 1000. The summed E-state index contributed by atoms with van der Waals surface area (Å²) in [6.07, 6.45) is 10.4. The Morgan fingerprint density at radius 3 is 2.52 bits per heavy atom. The molecule has 0 bridgehead atoms. The molecule has 0 saturated heterocycles. The Kier molecular flexibility index (Phi) is 3.43. The van der Waals surface area contributed by atoms with E-state index in [1.807, 2.05) is 18.2 Å². The number of rotatable bonds is 1. The van der Waals surface area contributed by atoms with Crippen molar-refractivity contribution < 1.29 is 4.42 Å². The van der Waals surface area contributed by atoms with Crippen molar-refractivity contribution in [2.45, 2.75) is 16.6 Å². The van der Waals surface area contributed by atoms with Crippen molar-refractivity contribution in [3.8, 4) is 0 Å². The molecule has 2 aromatic carbocycles. The Morgan fingerprint density at radius 1 is 0.957 bits per heavy atom. The van der Waals surface area contributed by atoms with E-state index in [1.54, 1.807) is 0 Å². The normalized spacial score (nSPS) is 20.9. The van der Waals surface area contributed by atoms with E-state index >= 15 is 0 Å². The highest BCUT2D eigenvalue weighted by atomic mass is 32.1. The van der Waals surface area contributed by atoms with Gasteiger partial charge in [0.25, 0.3) is 0 Å². The summed E-state index contributed by atoms with van der Waals surface area (Å²) in [5, 5.41) is 2.21. The lowest BCUT2D eigenvalue weighted by molar-refractivity contribution is 0.659. The van der Waals surface area contributed by atoms with E-state index in [0.29, 0.717) is 0 Å². The molecule has 1 aromatic heterocycles. The number of para-hydroxylation sites is 2. The number of benzene rings is 2. The topological polar surface area (TPSA) is 13.1 Å². The van der Waals surface area contributed by atoms with Crippen molar-refractivity contribution in [2.75, 3.05) is 0 Å². The van der Waals surface area contributed by atoms with E-state index in [4.69, 9.17) is 4.42 Å². The molecule has 3 aromatic rings. The third-order valence-electron chi connectivity index (χ3n) is 4.12. The summed E-state index contributed by atoms with van der Waals surface area (Å²) in [5.74, 6) is 0. The minimum absolute atomic E-state index is 0.238. The molecule has 1 atom stereocenters. The molecule has 0 spiro atoms. The monoisotopic (exact) mass is 336 g/mol. The van der Waals surface area contributed by atoms with Gasteiger partial charge in [0.1, 0.15) is 11.2 Å². The molecule has 23 heavy (non-hydrogen) atoms. The summed E-state index contributed by atoms with van der Waals surface area (Å²) in [4.78, 5) is 0.859. The van der Waals surface area contributed by atoms with Gasteiger partial charge in [0, 0.05) is 26.0 Å². The molecular formula is C20H16OS2. The van der Waals surface area contributed by atoms with Gasteiger partial charge in [0.2, 0.25) is 0 Å². The van der Waals surface area contributed by atoms with Gasteiger partial charge in [-0.2, -0.15) is 12.6 Å². The largest absolute Gasteiger partial charge is 0.454 e. The summed E-state index contributed by atoms with van der Waals surface area (Å²) in [5.41, 5.74) is 3.94. The van der Waals surface area contributed by atoms with Crippen LogP contribution in [0.5, 0.6) is 0 Å². The number of thiol groups is 2. The van der Waals surface area contributed by atoms with Gasteiger partial charge in [-0.1, -0.05) is 60.7 Å². The SMILES string of the molecule is CC1(S)C=CC=C(c2cccc3c2oc2c(S)cccc23)C=C1. The molecule has 1 aliphatic rings. The van der Waals surface area contributed by atoms with E-state index in [1.165, 1.54) is 0 Å². The lowest BCUT2D eigenvalue weighted by Crippen LogP contribution is -2.06. The van der Waals surface area contributed by atoms with Gasteiger partial charge in [-0.3, -0.25) is 0 Å². The van der Waals surface area contributed by atoms with Gasteiger partial charge in [0.05, 0.1) is 0 Å². The van der Waals surface area contributed by atoms with Crippen LogP contribution in [-0.2, 0) is 0 Å². The molecule has 4 rings (SSSR count). The van der Waals surface area contributed by atoms with Gasteiger partial charge >= 0.3 is 0 Å². The van der Waals surface area contributed by atoms with Crippen molar-refractivity contribution in [1.29, 1.82) is 0 Å². The molecule has 1 aliphatic carbocycles. The molecule has 0 amide bonds. The molecule has 0 N–H and O–H groups in total. The molecule has 0 radical (unpaired) electrons. The van der Waals surface area contributed by atoms with Crippen LogP contribution in [-0.4, -0.2) is 4.75 Å². The standard InChI is InChI=1S/C20H16OS2/c1-20(23)11-4-5-13(10-12-20)14-6-2-7-15-16-8-3-9-17(22)19(16)21-18(14)15/h2-12,22-23H,1H3. The first-order valence-electron chi connectivity index (χ1n) is 7.50. The van der Waals surface area contributed by atoms with Crippen LogP contribution in [0.1, 0.15) is 12.5 Å². The van der Waals surface area contributed by atoms with Crippen LogP contribution < -0.4 is 0 Å². The highest BCUT2D eigenvalue weighted by Gasteiger charge is 2.16. The number of furan rings is 1. The molecule has 0 saturated carbocycles. The molecule has 1 nitrogen and oxygen atoms in total. The van der Waals surface area contributed by atoms with E-state index in [9.17, 15) is 0 Å². The average Bonchev–Trinajstić information content (AvgIpc) is 2.81. The van der Waals surface area contributed by atoms with Crippen LogP contribution in [0.15, 0.2) is 76.1 Å². The molecule has 3 heteroatoms. The van der Waals surface area contributed by atoms with Crippen LogP contribution in [0.25, 0.3) is 27.5 Å². The fraction of sp³-hybridized carbons (Fsp3) is 0.100. The maximum Gasteiger partial charge on any atom is 0.148 e. The summed E-state index contributed by atoms with van der Waals surface area (Å²) >= 11 is 9.15. The fourth-order valence-electron chi connectivity index (χ4n) is 2.93. The van der Waals surface area contributed by atoms with Crippen LogP contribution >= 0.6 is 25.3 Å². The van der Waals surface area contributed by atoms with Crippen molar-refractivity contribution >= 4 is 52.8 Å².